The van der Waals surface area contributed by atoms with Gasteiger partial charge in [0.05, 0.1) is 17.3 Å². The lowest BCUT2D eigenvalue weighted by atomic mass is 10.3. The Bertz CT molecular complexity index is 1260. The fraction of sp³-hybridized carbons (Fsp3) is 0.158. The van der Waals surface area contributed by atoms with Gasteiger partial charge in [-0.05, 0) is 52.8 Å². The third-order valence-electron chi connectivity index (χ3n) is 4.22. The Balaban J connectivity index is 1.41. The molecule has 0 radical (unpaired) electrons. The first-order valence-corrected chi connectivity index (χ1v) is 10.2. The highest BCUT2D eigenvalue weighted by molar-refractivity contribution is 6.31. The van der Waals surface area contributed by atoms with Crippen LogP contribution in [0.2, 0.25) is 10.0 Å². The largest absolute Gasteiger partial charge is 0.493 e. The third kappa shape index (κ3) is 5.80. The number of rotatable bonds is 8. The Morgan fingerprint density at radius 1 is 1.18 bits per heavy atom. The predicted molar refractivity (Wildman–Crippen MR) is 114 cm³/mol. The van der Waals surface area contributed by atoms with Crippen molar-refractivity contribution in [1.29, 1.82) is 0 Å². The number of aromatic nitrogens is 6. The summed E-state index contributed by atoms with van der Waals surface area (Å²) in [5.74, 6) is 0.447. The van der Waals surface area contributed by atoms with Gasteiger partial charge in [0.2, 0.25) is 0 Å². The number of nitrogens with one attached hydrogen (secondary N) is 1. The minimum absolute atomic E-state index is 0.0365. The molecule has 0 aliphatic rings. The van der Waals surface area contributed by atoms with E-state index in [4.69, 9.17) is 32.6 Å². The average molecular weight is 493 g/mol. The molecule has 11 nitrogen and oxygen atoms in total. The zero-order valence-corrected chi connectivity index (χ0v) is 18.2. The van der Waals surface area contributed by atoms with Gasteiger partial charge in [-0.15, -0.1) is 10.2 Å². The first kappa shape index (κ1) is 22.6. The standard InChI is InChI=1S/C19H15Cl2FN8O3/c20-11-1-4-13(5-2-11)32-8-7-17-24-29-30(25-17)10-16-18(28-33-27-16)19(26-31)23-12-3-6-15(22)14(21)9-12/h1-6,9,31H,7-8,10H2,(H,23,26). The second kappa shape index (κ2) is 10.3. The fourth-order valence-corrected chi connectivity index (χ4v) is 2.97. The summed E-state index contributed by atoms with van der Waals surface area (Å²) in [5, 5.41) is 29.8. The topological polar surface area (TPSA) is 136 Å². The molecule has 0 saturated carbocycles. The van der Waals surface area contributed by atoms with Crippen molar-refractivity contribution in [1.82, 2.24) is 36.0 Å². The molecule has 2 heterocycles. The highest BCUT2D eigenvalue weighted by atomic mass is 35.5. The molecular weight excluding hydrogens is 478 g/mol. The van der Waals surface area contributed by atoms with E-state index in [1.165, 1.54) is 16.9 Å². The van der Waals surface area contributed by atoms with Crippen LogP contribution in [0.15, 0.2) is 52.1 Å². The van der Waals surface area contributed by atoms with Crippen molar-refractivity contribution < 1.29 is 19.0 Å². The second-order valence-electron chi connectivity index (χ2n) is 6.52. The normalized spacial score (nSPS) is 11.6. The summed E-state index contributed by atoms with van der Waals surface area (Å²) >= 11 is 11.6. The average Bonchev–Trinajstić information content (AvgIpc) is 3.46. The molecule has 2 aromatic heterocycles. The van der Waals surface area contributed by atoms with Gasteiger partial charge in [-0.1, -0.05) is 28.4 Å². The Labute approximate surface area is 195 Å². The minimum atomic E-state index is -0.593. The van der Waals surface area contributed by atoms with E-state index in [0.717, 1.165) is 6.07 Å². The van der Waals surface area contributed by atoms with Crippen LogP contribution in [0.4, 0.5) is 10.1 Å². The molecule has 0 atom stereocenters. The van der Waals surface area contributed by atoms with Crippen LogP contribution in [0.3, 0.4) is 0 Å². The van der Waals surface area contributed by atoms with Gasteiger partial charge in [0, 0.05) is 11.4 Å². The number of hydrogen-bond acceptors (Lipinski definition) is 9. The molecule has 14 heteroatoms. The lowest BCUT2D eigenvalue weighted by Crippen LogP contribution is -2.23. The first-order valence-electron chi connectivity index (χ1n) is 9.42. The molecule has 2 N–H and O–H groups in total. The van der Waals surface area contributed by atoms with E-state index in [9.17, 15) is 9.60 Å². The van der Waals surface area contributed by atoms with Gasteiger partial charge in [-0.3, -0.25) is 10.7 Å². The van der Waals surface area contributed by atoms with Crippen LogP contribution in [-0.4, -0.2) is 48.2 Å². The van der Waals surface area contributed by atoms with E-state index < -0.39 is 5.82 Å². The molecule has 0 spiro atoms. The number of hydroxylamine groups is 1. The number of nitrogens with zero attached hydrogens (tertiary/aromatic N) is 7. The van der Waals surface area contributed by atoms with Crippen molar-refractivity contribution >= 4 is 34.7 Å². The first-order chi connectivity index (χ1) is 16.0. The maximum atomic E-state index is 13.4. The zero-order valence-electron chi connectivity index (χ0n) is 16.7. The van der Waals surface area contributed by atoms with E-state index in [1.54, 1.807) is 24.3 Å². The maximum absolute atomic E-state index is 13.4. The maximum Gasteiger partial charge on any atom is 0.182 e. The summed E-state index contributed by atoms with van der Waals surface area (Å²) in [6.07, 6.45) is 0.419. The van der Waals surface area contributed by atoms with Gasteiger partial charge in [0.25, 0.3) is 0 Å². The van der Waals surface area contributed by atoms with Crippen molar-refractivity contribution in [3.63, 3.8) is 0 Å². The number of amidine groups is 1. The molecule has 4 rings (SSSR count). The Morgan fingerprint density at radius 3 is 2.76 bits per heavy atom. The van der Waals surface area contributed by atoms with E-state index in [2.05, 4.69) is 30.7 Å². The van der Waals surface area contributed by atoms with Gasteiger partial charge in [0.15, 0.2) is 17.4 Å². The van der Waals surface area contributed by atoms with Gasteiger partial charge in [-0.25, -0.2) is 14.0 Å². The molecule has 0 unspecified atom stereocenters. The van der Waals surface area contributed by atoms with Crippen LogP contribution in [0, 0.1) is 5.82 Å². The number of benzene rings is 2. The van der Waals surface area contributed by atoms with Crippen molar-refractivity contribution in [3.05, 3.63) is 75.5 Å². The molecule has 170 valence electrons. The van der Waals surface area contributed by atoms with E-state index in [0.29, 0.717) is 29.6 Å². The number of ether oxygens (including phenoxy) is 1. The van der Waals surface area contributed by atoms with Gasteiger partial charge < -0.3 is 4.74 Å². The Morgan fingerprint density at radius 2 is 2.00 bits per heavy atom. The lowest BCUT2D eigenvalue weighted by Gasteiger charge is -2.04. The second-order valence-corrected chi connectivity index (χ2v) is 7.36. The molecule has 0 bridgehead atoms. The van der Waals surface area contributed by atoms with Crippen molar-refractivity contribution in [2.75, 3.05) is 6.61 Å². The Hall–Kier alpha value is -3.61. The SMILES string of the molecule is ONC(=Nc1ccc(F)c(Cl)c1)c1nonc1Cn1nnc(CCOc2ccc(Cl)cc2)n1. The summed E-state index contributed by atoms with van der Waals surface area (Å²) in [7, 11) is 0. The quantitative estimate of drug-likeness (QED) is 0.215. The summed E-state index contributed by atoms with van der Waals surface area (Å²) in [6, 6.07) is 10.8. The molecule has 4 aromatic rings. The molecule has 2 aromatic carbocycles. The van der Waals surface area contributed by atoms with E-state index in [1.807, 2.05) is 5.48 Å². The molecule has 0 aliphatic carbocycles. The summed E-state index contributed by atoms with van der Waals surface area (Å²) in [4.78, 5) is 5.44. The number of aliphatic imine (C=N–C) groups is 1. The van der Waals surface area contributed by atoms with Crippen LogP contribution in [0.1, 0.15) is 17.2 Å². The van der Waals surface area contributed by atoms with Crippen LogP contribution in [0.5, 0.6) is 5.75 Å². The number of halogens is 3. The minimum Gasteiger partial charge on any atom is -0.493 e. The summed E-state index contributed by atoms with van der Waals surface area (Å²) in [5.41, 5.74) is 2.57. The third-order valence-corrected chi connectivity index (χ3v) is 4.77. The van der Waals surface area contributed by atoms with Crippen LogP contribution in [0.25, 0.3) is 0 Å². The smallest absolute Gasteiger partial charge is 0.182 e. The van der Waals surface area contributed by atoms with E-state index >= 15 is 0 Å². The monoisotopic (exact) mass is 492 g/mol. The molecule has 0 saturated heterocycles. The highest BCUT2D eigenvalue weighted by Gasteiger charge is 2.18. The van der Waals surface area contributed by atoms with Crippen LogP contribution < -0.4 is 10.2 Å². The highest BCUT2D eigenvalue weighted by Crippen LogP contribution is 2.22. The molecule has 0 fully saturated rings. The van der Waals surface area contributed by atoms with Crippen molar-refractivity contribution in [2.24, 2.45) is 4.99 Å². The van der Waals surface area contributed by atoms with Gasteiger partial charge >= 0.3 is 0 Å². The van der Waals surface area contributed by atoms with Crippen molar-refractivity contribution in [3.8, 4) is 5.75 Å². The summed E-state index contributed by atoms with van der Waals surface area (Å²) < 4.78 is 23.8. The summed E-state index contributed by atoms with van der Waals surface area (Å²) in [6.45, 7) is 0.379. The van der Waals surface area contributed by atoms with Crippen molar-refractivity contribution in [2.45, 2.75) is 13.0 Å². The van der Waals surface area contributed by atoms with Crippen LogP contribution >= 0.6 is 23.2 Å². The predicted octanol–water partition coefficient (Wildman–Crippen LogP) is 3.23. The molecular formula is C19H15Cl2FN8O3. The van der Waals surface area contributed by atoms with Crippen LogP contribution in [-0.2, 0) is 13.0 Å². The fourth-order valence-electron chi connectivity index (χ4n) is 2.67. The van der Waals surface area contributed by atoms with Gasteiger partial charge in [-0.2, -0.15) is 4.80 Å². The number of hydrogen-bond donors (Lipinski definition) is 2. The van der Waals surface area contributed by atoms with Gasteiger partial charge in [0.1, 0.15) is 23.8 Å². The van der Waals surface area contributed by atoms with E-state index in [-0.39, 0.29) is 34.5 Å². The zero-order chi connectivity index (χ0) is 23.2. The Kier molecular flexibility index (Phi) is 7.07. The lowest BCUT2D eigenvalue weighted by molar-refractivity contribution is 0.234. The molecule has 0 aliphatic heterocycles. The molecule has 33 heavy (non-hydrogen) atoms. The number of tetrazole rings is 1. The molecule has 0 amide bonds.